The second kappa shape index (κ2) is 9.11. The third-order valence-electron chi connectivity index (χ3n) is 6.17. The molecule has 2 fully saturated rings. The number of likely N-dealkylation sites (tertiary alicyclic amines) is 1. The highest BCUT2D eigenvalue weighted by Gasteiger charge is 2.34. The molecule has 0 spiro atoms. The van der Waals surface area contributed by atoms with Crippen LogP contribution in [0.4, 0.5) is 4.79 Å². The predicted octanol–water partition coefficient (Wildman–Crippen LogP) is 6.16. The molecule has 0 bridgehead atoms. The number of alkyl carbamates (subject to hydrolysis) is 1. The third-order valence-corrected chi connectivity index (χ3v) is 6.45. The van der Waals surface area contributed by atoms with Gasteiger partial charge < -0.3 is 14.8 Å². The van der Waals surface area contributed by atoms with Crippen LogP contribution in [0.25, 0.3) is 10.8 Å². The molecular formula is C26H35ClN2O3. The zero-order chi connectivity index (χ0) is 22.9. The first-order valence-electron chi connectivity index (χ1n) is 11.7. The van der Waals surface area contributed by atoms with E-state index >= 15 is 0 Å². The van der Waals surface area contributed by atoms with Crippen LogP contribution in [0.3, 0.4) is 0 Å². The van der Waals surface area contributed by atoms with Crippen LogP contribution in [0.2, 0.25) is 5.02 Å². The molecule has 1 saturated carbocycles. The minimum atomic E-state index is -0.506. The summed E-state index contributed by atoms with van der Waals surface area (Å²) >= 11 is 6.70. The maximum absolute atomic E-state index is 12.4. The van der Waals surface area contributed by atoms with Crippen LogP contribution in [0.15, 0.2) is 30.3 Å². The summed E-state index contributed by atoms with van der Waals surface area (Å²) in [6.07, 6.45) is 4.09. The van der Waals surface area contributed by atoms with Gasteiger partial charge in [0.05, 0.1) is 17.2 Å². The van der Waals surface area contributed by atoms with Crippen LogP contribution in [-0.4, -0.2) is 41.8 Å². The first-order chi connectivity index (χ1) is 15.1. The zero-order valence-electron chi connectivity index (χ0n) is 19.7. The van der Waals surface area contributed by atoms with Gasteiger partial charge in [-0.3, -0.25) is 4.90 Å². The standard InChI is InChI=1S/C26H35ClN2O3/c1-25(2,3)32-24(30)28-26(4)12-7-13-29(17-26)15-19-14-22(27)23(31-16-18-10-11-18)21-9-6-5-8-20(19)21/h5-6,8-9,14,18H,7,10-13,15-17H2,1-4H3,(H,28,30)/t26-/m1/s1. The number of rotatable bonds is 6. The average Bonchev–Trinajstić information content (AvgIpc) is 3.50. The molecule has 2 aromatic carbocycles. The van der Waals surface area contributed by atoms with Crippen molar-refractivity contribution in [1.82, 2.24) is 10.2 Å². The molecule has 4 rings (SSSR count). The van der Waals surface area contributed by atoms with Gasteiger partial charge in [0.25, 0.3) is 0 Å². The van der Waals surface area contributed by atoms with E-state index in [1.165, 1.54) is 23.8 Å². The minimum absolute atomic E-state index is 0.326. The van der Waals surface area contributed by atoms with E-state index in [0.29, 0.717) is 10.9 Å². The molecule has 6 heteroatoms. The summed E-state index contributed by atoms with van der Waals surface area (Å²) in [7, 11) is 0. The minimum Gasteiger partial charge on any atom is -0.491 e. The molecule has 0 radical (unpaired) electrons. The summed E-state index contributed by atoms with van der Waals surface area (Å²) in [5.41, 5.74) is 0.354. The lowest BCUT2D eigenvalue weighted by atomic mass is 9.90. The SMILES string of the molecule is CC(C)(C)OC(=O)N[C@]1(C)CCCN(Cc2cc(Cl)c(OCC3CC3)c3ccccc23)C1. The molecule has 2 aromatic rings. The van der Waals surface area contributed by atoms with Crippen molar-refractivity contribution in [3.63, 3.8) is 0 Å². The Bertz CT molecular complexity index is 983. The van der Waals surface area contributed by atoms with Gasteiger partial charge in [0.1, 0.15) is 11.4 Å². The molecule has 0 unspecified atom stereocenters. The van der Waals surface area contributed by atoms with Crippen LogP contribution in [-0.2, 0) is 11.3 Å². The van der Waals surface area contributed by atoms with Crippen molar-refractivity contribution in [2.24, 2.45) is 5.92 Å². The van der Waals surface area contributed by atoms with Crippen molar-refractivity contribution in [3.05, 3.63) is 40.9 Å². The smallest absolute Gasteiger partial charge is 0.408 e. The summed E-state index contributed by atoms with van der Waals surface area (Å²) < 4.78 is 11.6. The number of ether oxygens (including phenoxy) is 2. The Balaban J connectivity index is 1.50. The van der Waals surface area contributed by atoms with Crippen molar-refractivity contribution in [2.75, 3.05) is 19.7 Å². The van der Waals surface area contributed by atoms with E-state index in [0.717, 1.165) is 50.2 Å². The molecule has 1 N–H and O–H groups in total. The van der Waals surface area contributed by atoms with Gasteiger partial charge in [-0.2, -0.15) is 0 Å². The van der Waals surface area contributed by atoms with E-state index in [1.54, 1.807) is 0 Å². The van der Waals surface area contributed by atoms with Gasteiger partial charge >= 0.3 is 6.09 Å². The van der Waals surface area contributed by atoms with Gasteiger partial charge in [0.15, 0.2) is 0 Å². The number of halogens is 1. The maximum atomic E-state index is 12.4. The summed E-state index contributed by atoms with van der Waals surface area (Å²) in [4.78, 5) is 14.8. The van der Waals surface area contributed by atoms with Crippen molar-refractivity contribution in [2.45, 2.75) is 71.1 Å². The second-order valence-corrected chi connectivity index (χ2v) is 11.1. The molecule has 0 aromatic heterocycles. The van der Waals surface area contributed by atoms with Crippen LogP contribution in [0.5, 0.6) is 5.75 Å². The first kappa shape index (κ1) is 23.2. The second-order valence-electron chi connectivity index (χ2n) is 10.6. The summed E-state index contributed by atoms with van der Waals surface area (Å²) in [6, 6.07) is 10.4. The first-order valence-corrected chi connectivity index (χ1v) is 12.1. The van der Waals surface area contributed by atoms with E-state index in [-0.39, 0.29) is 11.6 Å². The number of amides is 1. The molecule has 1 heterocycles. The summed E-state index contributed by atoms with van der Waals surface area (Å²) in [5, 5.41) is 6.03. The fourth-order valence-corrected chi connectivity index (χ4v) is 4.81. The van der Waals surface area contributed by atoms with E-state index in [4.69, 9.17) is 21.1 Å². The van der Waals surface area contributed by atoms with E-state index in [1.807, 2.05) is 26.8 Å². The summed E-state index contributed by atoms with van der Waals surface area (Å²) in [5.74, 6) is 1.47. The van der Waals surface area contributed by atoms with Crippen molar-refractivity contribution in [3.8, 4) is 5.75 Å². The number of nitrogens with one attached hydrogen (secondary N) is 1. The van der Waals surface area contributed by atoms with Crippen LogP contribution in [0, 0.1) is 5.92 Å². The van der Waals surface area contributed by atoms with Crippen LogP contribution in [0.1, 0.15) is 58.9 Å². The Morgan fingerprint density at radius 1 is 1.25 bits per heavy atom. The topological polar surface area (TPSA) is 50.8 Å². The van der Waals surface area contributed by atoms with E-state index in [2.05, 4.69) is 41.4 Å². The fraction of sp³-hybridized carbons (Fsp3) is 0.577. The number of benzene rings is 2. The molecule has 174 valence electrons. The Kier molecular flexibility index (Phi) is 6.60. The van der Waals surface area contributed by atoms with Gasteiger partial charge in [-0.05, 0) is 82.9 Å². The summed E-state index contributed by atoms with van der Waals surface area (Å²) in [6.45, 7) is 11.0. The lowest BCUT2D eigenvalue weighted by Crippen LogP contribution is -2.57. The number of nitrogens with zero attached hydrogens (tertiary/aromatic N) is 1. The molecular weight excluding hydrogens is 424 g/mol. The predicted molar refractivity (Wildman–Crippen MR) is 129 cm³/mol. The van der Waals surface area contributed by atoms with Gasteiger partial charge in [0.2, 0.25) is 0 Å². The van der Waals surface area contributed by atoms with Crippen molar-refractivity contribution in [1.29, 1.82) is 0 Å². The molecule has 1 aliphatic carbocycles. The number of hydrogen-bond donors (Lipinski definition) is 1. The number of piperidine rings is 1. The molecule has 1 aliphatic heterocycles. The Hall–Kier alpha value is -1.98. The van der Waals surface area contributed by atoms with Crippen LogP contribution < -0.4 is 10.1 Å². The number of hydrogen-bond acceptors (Lipinski definition) is 4. The lowest BCUT2D eigenvalue weighted by Gasteiger charge is -2.41. The number of fused-ring (bicyclic) bond motifs is 1. The molecule has 1 atom stereocenters. The lowest BCUT2D eigenvalue weighted by molar-refractivity contribution is 0.0383. The monoisotopic (exact) mass is 458 g/mol. The van der Waals surface area contributed by atoms with Crippen LogP contribution >= 0.6 is 11.6 Å². The fourth-order valence-electron chi connectivity index (χ4n) is 4.52. The molecule has 2 aliphatic rings. The molecule has 32 heavy (non-hydrogen) atoms. The van der Waals surface area contributed by atoms with Gasteiger partial charge in [0, 0.05) is 18.5 Å². The maximum Gasteiger partial charge on any atom is 0.408 e. The number of carbonyl (C=O) groups excluding carboxylic acids is 1. The largest absolute Gasteiger partial charge is 0.491 e. The normalized spacial score (nSPS) is 22.0. The molecule has 1 amide bonds. The molecule has 1 saturated heterocycles. The van der Waals surface area contributed by atoms with E-state index in [9.17, 15) is 4.79 Å². The third kappa shape index (κ3) is 5.87. The molecule has 5 nitrogen and oxygen atoms in total. The highest BCUT2D eigenvalue weighted by molar-refractivity contribution is 6.33. The van der Waals surface area contributed by atoms with E-state index < -0.39 is 5.60 Å². The average molecular weight is 459 g/mol. The highest BCUT2D eigenvalue weighted by Crippen LogP contribution is 2.39. The number of carbonyl (C=O) groups is 1. The van der Waals surface area contributed by atoms with Gasteiger partial charge in [-0.15, -0.1) is 0 Å². The quantitative estimate of drug-likeness (QED) is 0.563. The van der Waals surface area contributed by atoms with Gasteiger partial charge in [-0.1, -0.05) is 35.9 Å². The van der Waals surface area contributed by atoms with Gasteiger partial charge in [-0.25, -0.2) is 4.79 Å². The Labute approximate surface area is 196 Å². The van der Waals surface area contributed by atoms with Crippen molar-refractivity contribution >= 4 is 28.5 Å². The highest BCUT2D eigenvalue weighted by atomic mass is 35.5. The Morgan fingerprint density at radius 3 is 2.66 bits per heavy atom. The zero-order valence-corrected chi connectivity index (χ0v) is 20.4. The Morgan fingerprint density at radius 2 is 1.97 bits per heavy atom. The van der Waals surface area contributed by atoms with Crippen molar-refractivity contribution < 1.29 is 14.3 Å².